The summed E-state index contributed by atoms with van der Waals surface area (Å²) < 4.78 is 6.38. The fourth-order valence-corrected chi connectivity index (χ4v) is 5.40. The zero-order chi connectivity index (χ0) is 25.1. The van der Waals surface area contributed by atoms with E-state index in [9.17, 15) is 4.79 Å². The highest BCUT2D eigenvalue weighted by Gasteiger charge is 2.42. The number of aryl methyl sites for hydroxylation is 1. The molecule has 1 saturated heterocycles. The van der Waals surface area contributed by atoms with E-state index in [0.29, 0.717) is 11.5 Å². The molecule has 2 aromatic carbocycles. The number of hydrogen-bond acceptors (Lipinski definition) is 5. The van der Waals surface area contributed by atoms with E-state index in [2.05, 4.69) is 32.7 Å². The van der Waals surface area contributed by atoms with E-state index in [1.807, 2.05) is 80.6 Å². The van der Waals surface area contributed by atoms with Crippen molar-refractivity contribution >= 4 is 46.4 Å². The van der Waals surface area contributed by atoms with Gasteiger partial charge in [0.2, 0.25) is 5.91 Å². The lowest BCUT2D eigenvalue weighted by Gasteiger charge is -2.26. The van der Waals surface area contributed by atoms with E-state index in [4.69, 9.17) is 16.6 Å². The average molecular weight is 515 g/mol. The molecule has 1 amide bonds. The Bertz CT molecular complexity index is 1370. The molecule has 2 atom stereocenters. The topological polar surface area (TPSA) is 70.4 Å². The smallest absolute Gasteiger partial charge is 0.224 e. The van der Waals surface area contributed by atoms with E-state index >= 15 is 0 Å². The molecule has 36 heavy (non-hydrogen) atoms. The van der Waals surface area contributed by atoms with Crippen molar-refractivity contribution in [1.82, 2.24) is 10.3 Å². The van der Waals surface area contributed by atoms with Gasteiger partial charge in [-0.25, -0.2) is 0 Å². The van der Waals surface area contributed by atoms with Crippen LogP contribution in [0.4, 0.5) is 11.4 Å². The lowest BCUT2D eigenvalue weighted by molar-refractivity contribution is -0.115. The van der Waals surface area contributed by atoms with Crippen molar-refractivity contribution in [1.29, 1.82) is 0 Å². The summed E-state index contributed by atoms with van der Waals surface area (Å²) in [5.41, 5.74) is 3.54. The molecule has 2 aromatic heterocycles. The zero-order valence-electron chi connectivity index (χ0n) is 20.0. The Hall–Kier alpha value is -3.62. The predicted octanol–water partition coefficient (Wildman–Crippen LogP) is 6.66. The van der Waals surface area contributed by atoms with E-state index in [0.717, 1.165) is 38.4 Å². The minimum absolute atomic E-state index is 0.0173. The largest absolute Gasteiger partial charge is 0.452 e. The van der Waals surface area contributed by atoms with Crippen LogP contribution >= 0.6 is 24.0 Å². The standard InChI is InChI=1S/C28H26N4O2S2/c1-3-24(33)30-21-13-12-19(17-18(21)2)32-27(26(31-28(32)35)22-11-7-8-16-29-22)23-14-15-25(34-23)36-20-9-5-4-6-10-20/h4-17,26-27H,3H2,1-2H3,(H,30,33)(H,31,35)/t26-,27-/m1/s1. The Balaban J connectivity index is 1.51. The van der Waals surface area contributed by atoms with E-state index in [1.54, 1.807) is 18.0 Å². The number of benzene rings is 2. The molecule has 4 aromatic rings. The molecule has 8 heteroatoms. The van der Waals surface area contributed by atoms with E-state index < -0.39 is 0 Å². The van der Waals surface area contributed by atoms with Crippen LogP contribution in [0.2, 0.25) is 0 Å². The van der Waals surface area contributed by atoms with Gasteiger partial charge in [0.05, 0.1) is 11.7 Å². The van der Waals surface area contributed by atoms with Crippen molar-refractivity contribution in [3.63, 3.8) is 0 Å². The number of nitrogens with one attached hydrogen (secondary N) is 2. The number of carbonyl (C=O) groups excluding carboxylic acids is 1. The number of pyridine rings is 1. The van der Waals surface area contributed by atoms with E-state index in [-0.39, 0.29) is 18.0 Å². The molecule has 1 fully saturated rings. The van der Waals surface area contributed by atoms with Crippen LogP contribution in [0.25, 0.3) is 0 Å². The maximum absolute atomic E-state index is 11.9. The van der Waals surface area contributed by atoms with Gasteiger partial charge in [-0.15, -0.1) is 0 Å². The molecule has 182 valence electrons. The summed E-state index contributed by atoms with van der Waals surface area (Å²) in [6, 6.07) is 25.5. The van der Waals surface area contributed by atoms with Gasteiger partial charge in [-0.3, -0.25) is 9.78 Å². The maximum Gasteiger partial charge on any atom is 0.224 e. The summed E-state index contributed by atoms with van der Waals surface area (Å²) in [4.78, 5) is 19.7. The predicted molar refractivity (Wildman–Crippen MR) is 147 cm³/mol. The van der Waals surface area contributed by atoms with Crippen molar-refractivity contribution in [2.75, 3.05) is 10.2 Å². The molecule has 0 unspecified atom stereocenters. The maximum atomic E-state index is 11.9. The molecule has 5 rings (SSSR count). The first-order valence-corrected chi connectivity index (χ1v) is 13.0. The van der Waals surface area contributed by atoms with Crippen LogP contribution in [0.3, 0.4) is 0 Å². The molecule has 1 aliphatic rings. The van der Waals surface area contributed by atoms with Gasteiger partial charge < -0.3 is 20.0 Å². The molecular weight excluding hydrogens is 488 g/mol. The van der Waals surface area contributed by atoms with Gasteiger partial charge in [0.15, 0.2) is 10.2 Å². The normalized spacial score (nSPS) is 17.2. The van der Waals surface area contributed by atoms with Crippen molar-refractivity contribution in [3.8, 4) is 0 Å². The lowest BCUT2D eigenvalue weighted by atomic mass is 10.0. The minimum atomic E-state index is -0.243. The van der Waals surface area contributed by atoms with Crippen LogP contribution in [-0.4, -0.2) is 16.0 Å². The third-order valence-electron chi connectivity index (χ3n) is 6.04. The lowest BCUT2D eigenvalue weighted by Crippen LogP contribution is -2.29. The number of amides is 1. The molecule has 1 aliphatic heterocycles. The Morgan fingerprint density at radius 1 is 1.11 bits per heavy atom. The summed E-state index contributed by atoms with van der Waals surface area (Å²) in [5.74, 6) is 0.772. The van der Waals surface area contributed by atoms with Crippen LogP contribution in [0.5, 0.6) is 0 Å². The number of carbonyl (C=O) groups is 1. The zero-order valence-corrected chi connectivity index (χ0v) is 21.6. The second-order valence-electron chi connectivity index (χ2n) is 8.47. The molecule has 6 nitrogen and oxygen atoms in total. The van der Waals surface area contributed by atoms with Gasteiger partial charge in [0.1, 0.15) is 11.8 Å². The van der Waals surface area contributed by atoms with Crippen molar-refractivity contribution in [2.45, 2.75) is 42.3 Å². The molecule has 3 heterocycles. The van der Waals surface area contributed by atoms with Crippen LogP contribution in [0, 0.1) is 6.92 Å². The minimum Gasteiger partial charge on any atom is -0.452 e. The SMILES string of the molecule is CCC(=O)Nc1ccc(N2C(=S)N[C@H](c3ccccn3)[C@H]2c2ccc(Sc3ccccc3)o2)cc1C. The second-order valence-corrected chi connectivity index (χ2v) is 9.93. The third kappa shape index (κ3) is 5.01. The van der Waals surface area contributed by atoms with Crippen molar-refractivity contribution in [3.05, 3.63) is 102 Å². The number of aromatic nitrogens is 1. The number of nitrogens with zero attached hydrogens (tertiary/aromatic N) is 2. The summed E-state index contributed by atoms with van der Waals surface area (Å²) in [6.45, 7) is 3.82. The van der Waals surface area contributed by atoms with Gasteiger partial charge in [-0.2, -0.15) is 0 Å². The summed E-state index contributed by atoms with van der Waals surface area (Å²) in [6.07, 6.45) is 2.21. The first kappa shape index (κ1) is 24.1. The van der Waals surface area contributed by atoms with Gasteiger partial charge in [0.25, 0.3) is 0 Å². The van der Waals surface area contributed by atoms with Gasteiger partial charge in [-0.1, -0.05) is 43.0 Å². The number of anilines is 2. The van der Waals surface area contributed by atoms with Gasteiger partial charge in [0, 0.05) is 28.9 Å². The van der Waals surface area contributed by atoms with Crippen LogP contribution in [0.15, 0.2) is 99.5 Å². The Labute approximate surface area is 220 Å². The fourth-order valence-electron chi connectivity index (χ4n) is 4.25. The monoisotopic (exact) mass is 514 g/mol. The highest BCUT2D eigenvalue weighted by Crippen LogP contribution is 2.44. The summed E-state index contributed by atoms with van der Waals surface area (Å²) >= 11 is 7.40. The highest BCUT2D eigenvalue weighted by atomic mass is 32.2. The third-order valence-corrected chi connectivity index (χ3v) is 7.28. The summed E-state index contributed by atoms with van der Waals surface area (Å²) in [7, 11) is 0. The number of furan rings is 1. The molecule has 0 bridgehead atoms. The molecule has 0 saturated carbocycles. The number of hydrogen-bond donors (Lipinski definition) is 2. The van der Waals surface area contributed by atoms with Gasteiger partial charge in [-0.05, 0) is 79.3 Å². The Morgan fingerprint density at radius 2 is 1.92 bits per heavy atom. The van der Waals surface area contributed by atoms with Crippen molar-refractivity contribution < 1.29 is 9.21 Å². The van der Waals surface area contributed by atoms with Gasteiger partial charge >= 0.3 is 0 Å². The van der Waals surface area contributed by atoms with Crippen LogP contribution in [0.1, 0.15) is 42.4 Å². The Morgan fingerprint density at radius 3 is 2.64 bits per heavy atom. The average Bonchev–Trinajstić information content (AvgIpc) is 3.50. The number of rotatable bonds is 7. The fraction of sp³-hybridized carbons (Fsp3) is 0.179. The molecule has 0 spiro atoms. The number of thiocarbonyl (C=S) groups is 1. The van der Waals surface area contributed by atoms with E-state index in [1.165, 1.54) is 0 Å². The highest BCUT2D eigenvalue weighted by molar-refractivity contribution is 7.99. The van der Waals surface area contributed by atoms with Crippen molar-refractivity contribution in [2.24, 2.45) is 0 Å². The van der Waals surface area contributed by atoms with Crippen LogP contribution in [-0.2, 0) is 4.79 Å². The van der Waals surface area contributed by atoms with Crippen LogP contribution < -0.4 is 15.5 Å². The molecule has 2 N–H and O–H groups in total. The Kier molecular flexibility index (Phi) is 7.06. The second kappa shape index (κ2) is 10.6. The first-order chi connectivity index (χ1) is 17.5. The summed E-state index contributed by atoms with van der Waals surface area (Å²) in [5, 5.41) is 7.82. The first-order valence-electron chi connectivity index (χ1n) is 11.8. The molecule has 0 aliphatic carbocycles. The quantitative estimate of drug-likeness (QED) is 0.267. The molecular formula is C28H26N4O2S2. The molecule has 0 radical (unpaired) electrons.